The summed E-state index contributed by atoms with van der Waals surface area (Å²) in [6.45, 7) is 5.18. The lowest BCUT2D eigenvalue weighted by Gasteiger charge is -2.59. The Morgan fingerprint density at radius 3 is 2.25 bits per heavy atom. The first-order valence-electron chi connectivity index (χ1n) is 12.5. The number of nitrogens with one attached hydrogen (secondary N) is 1. The lowest BCUT2D eigenvalue weighted by molar-refractivity contribution is -0.134. The van der Waals surface area contributed by atoms with Gasteiger partial charge < -0.3 is 15.1 Å². The molecule has 6 heteroatoms. The molecule has 1 unspecified atom stereocenters. The number of rotatable bonds is 6. The van der Waals surface area contributed by atoms with Gasteiger partial charge in [-0.3, -0.25) is 9.59 Å². The van der Waals surface area contributed by atoms with Crippen molar-refractivity contribution in [1.82, 2.24) is 10.2 Å². The van der Waals surface area contributed by atoms with Crippen molar-refractivity contribution in [3.8, 4) is 0 Å². The van der Waals surface area contributed by atoms with E-state index in [0.717, 1.165) is 41.6 Å². The van der Waals surface area contributed by atoms with Gasteiger partial charge in [0.25, 0.3) is 0 Å². The summed E-state index contributed by atoms with van der Waals surface area (Å²) in [6.07, 6.45) is 8.71. The number of nitrogens with zero attached hydrogens (tertiary/aromatic N) is 2. The van der Waals surface area contributed by atoms with Crippen LogP contribution in [-0.4, -0.2) is 48.9 Å². The predicted molar refractivity (Wildman–Crippen MR) is 128 cm³/mol. The highest BCUT2D eigenvalue weighted by Crippen LogP contribution is 2.61. The van der Waals surface area contributed by atoms with E-state index in [1.807, 2.05) is 23.1 Å². The summed E-state index contributed by atoms with van der Waals surface area (Å²) in [5.74, 6) is 2.78. The van der Waals surface area contributed by atoms with Crippen LogP contribution in [-0.2, 0) is 9.59 Å². The Balaban J connectivity index is 1.07. The highest BCUT2D eigenvalue weighted by atomic mass is 35.5. The fourth-order valence-electron chi connectivity index (χ4n) is 7.44. The molecule has 0 spiro atoms. The predicted octanol–water partition coefficient (Wildman–Crippen LogP) is 4.49. The van der Waals surface area contributed by atoms with Gasteiger partial charge in [-0.25, -0.2) is 0 Å². The minimum absolute atomic E-state index is 0.0409. The van der Waals surface area contributed by atoms with Crippen LogP contribution in [0.3, 0.4) is 0 Å². The first-order valence-corrected chi connectivity index (χ1v) is 12.9. The number of hydrogen-bond donors (Lipinski definition) is 1. The van der Waals surface area contributed by atoms with Crippen molar-refractivity contribution in [3.05, 3.63) is 29.3 Å². The monoisotopic (exact) mass is 457 g/mol. The molecule has 1 aromatic carbocycles. The molecule has 1 aliphatic heterocycles. The van der Waals surface area contributed by atoms with Crippen molar-refractivity contribution in [1.29, 1.82) is 0 Å². The van der Waals surface area contributed by atoms with Crippen LogP contribution in [0.25, 0.3) is 0 Å². The Kier molecular flexibility index (Phi) is 6.13. The molecule has 4 saturated carbocycles. The van der Waals surface area contributed by atoms with Crippen molar-refractivity contribution in [2.75, 3.05) is 31.1 Å². The van der Waals surface area contributed by atoms with E-state index in [1.165, 1.54) is 38.5 Å². The van der Waals surface area contributed by atoms with E-state index in [9.17, 15) is 9.59 Å². The molecule has 174 valence electrons. The fourth-order valence-corrected chi connectivity index (χ4v) is 7.62. The van der Waals surface area contributed by atoms with Crippen LogP contribution in [0.2, 0.25) is 5.02 Å². The van der Waals surface area contributed by atoms with Gasteiger partial charge in [0.05, 0.1) is 0 Å². The lowest BCUT2D eigenvalue weighted by Crippen LogP contribution is -2.55. The van der Waals surface area contributed by atoms with Crippen molar-refractivity contribution >= 4 is 29.1 Å². The van der Waals surface area contributed by atoms with Crippen molar-refractivity contribution < 1.29 is 9.59 Å². The number of anilines is 1. The summed E-state index contributed by atoms with van der Waals surface area (Å²) < 4.78 is 0. The van der Waals surface area contributed by atoms with Crippen LogP contribution in [0.5, 0.6) is 0 Å². The number of piperazine rings is 1. The zero-order valence-corrected chi connectivity index (χ0v) is 19.9. The summed E-state index contributed by atoms with van der Waals surface area (Å²) in [5, 5.41) is 4.03. The quantitative estimate of drug-likeness (QED) is 0.684. The number of amides is 2. The molecule has 1 heterocycles. The van der Waals surface area contributed by atoms with Crippen LogP contribution >= 0.6 is 11.6 Å². The highest BCUT2D eigenvalue weighted by Gasteiger charge is 2.53. The third-order valence-electron chi connectivity index (χ3n) is 8.75. The van der Waals surface area contributed by atoms with Crippen LogP contribution < -0.4 is 10.2 Å². The zero-order chi connectivity index (χ0) is 22.3. The minimum atomic E-state index is 0.0409. The molecule has 4 bridgehead atoms. The van der Waals surface area contributed by atoms with Gasteiger partial charge in [-0.2, -0.15) is 0 Å². The van der Waals surface area contributed by atoms with Gasteiger partial charge in [-0.1, -0.05) is 17.7 Å². The highest BCUT2D eigenvalue weighted by molar-refractivity contribution is 6.30. The van der Waals surface area contributed by atoms with E-state index < -0.39 is 0 Å². The van der Waals surface area contributed by atoms with E-state index in [-0.39, 0.29) is 17.9 Å². The van der Waals surface area contributed by atoms with Gasteiger partial charge in [0.2, 0.25) is 11.8 Å². The number of benzene rings is 1. The summed E-state index contributed by atoms with van der Waals surface area (Å²) in [6, 6.07) is 8.07. The second-order valence-electron chi connectivity index (χ2n) is 10.9. The summed E-state index contributed by atoms with van der Waals surface area (Å²) >= 11 is 6.11. The number of hydrogen-bond acceptors (Lipinski definition) is 3. The maximum Gasteiger partial charge on any atom is 0.223 e. The standard InChI is InChI=1S/C26H36ClN3O2/c1-18(26-15-19-11-20(16-26)13-21(12-19)17-26)28-24(31)5-6-25(32)30-9-7-29(8-10-30)23-4-2-3-22(27)14-23/h2-4,14,18-21H,5-13,15-17H2,1H3,(H,28,31). The smallest absolute Gasteiger partial charge is 0.223 e. The van der Waals surface area contributed by atoms with Crippen molar-refractivity contribution in [2.24, 2.45) is 23.2 Å². The summed E-state index contributed by atoms with van der Waals surface area (Å²) in [5.41, 5.74) is 1.41. The first kappa shape index (κ1) is 22.1. The van der Waals surface area contributed by atoms with Gasteiger partial charge in [-0.15, -0.1) is 0 Å². The third kappa shape index (κ3) is 4.50. The van der Waals surface area contributed by atoms with Gasteiger partial charge in [0.15, 0.2) is 0 Å². The van der Waals surface area contributed by atoms with Crippen LogP contribution in [0.4, 0.5) is 5.69 Å². The molecule has 4 aliphatic carbocycles. The van der Waals surface area contributed by atoms with E-state index in [4.69, 9.17) is 11.6 Å². The SMILES string of the molecule is CC(NC(=O)CCC(=O)N1CCN(c2cccc(Cl)c2)CC1)C12CC3CC(CC(C3)C1)C2. The molecule has 0 radical (unpaired) electrons. The maximum atomic E-state index is 12.7. The van der Waals surface area contributed by atoms with Gasteiger partial charge in [-0.05, 0) is 86.8 Å². The number of carbonyl (C=O) groups excluding carboxylic acids is 2. The molecule has 1 N–H and O–H groups in total. The average Bonchev–Trinajstić information content (AvgIpc) is 2.76. The van der Waals surface area contributed by atoms with E-state index >= 15 is 0 Å². The first-order chi connectivity index (χ1) is 15.4. The van der Waals surface area contributed by atoms with E-state index in [0.29, 0.717) is 31.3 Å². The molecule has 32 heavy (non-hydrogen) atoms. The Hall–Kier alpha value is -1.75. The number of halogens is 1. The van der Waals surface area contributed by atoms with E-state index in [2.05, 4.69) is 23.2 Å². The lowest BCUT2D eigenvalue weighted by atomic mass is 9.48. The molecule has 5 aliphatic rings. The Labute approximate surface area is 196 Å². The molecule has 1 aromatic rings. The normalized spacial score (nSPS) is 32.1. The molecular weight excluding hydrogens is 422 g/mol. The van der Waals surface area contributed by atoms with Crippen molar-refractivity contribution in [3.63, 3.8) is 0 Å². The Morgan fingerprint density at radius 1 is 1.03 bits per heavy atom. The topological polar surface area (TPSA) is 52.7 Å². The molecule has 0 aromatic heterocycles. The van der Waals surface area contributed by atoms with E-state index in [1.54, 1.807) is 0 Å². The third-order valence-corrected chi connectivity index (χ3v) is 8.99. The molecule has 1 saturated heterocycles. The molecule has 1 atom stereocenters. The summed E-state index contributed by atoms with van der Waals surface area (Å²) in [7, 11) is 0. The molecule has 2 amide bonds. The maximum absolute atomic E-state index is 12.7. The summed E-state index contributed by atoms with van der Waals surface area (Å²) in [4.78, 5) is 29.6. The van der Waals surface area contributed by atoms with Crippen LogP contribution in [0.15, 0.2) is 24.3 Å². The zero-order valence-electron chi connectivity index (χ0n) is 19.2. The average molecular weight is 458 g/mol. The largest absolute Gasteiger partial charge is 0.368 e. The fraction of sp³-hybridized carbons (Fsp3) is 0.692. The Morgan fingerprint density at radius 2 is 1.66 bits per heavy atom. The molecule has 5 nitrogen and oxygen atoms in total. The van der Waals surface area contributed by atoms with Crippen LogP contribution in [0, 0.1) is 23.2 Å². The van der Waals surface area contributed by atoms with Gasteiger partial charge in [0.1, 0.15) is 0 Å². The van der Waals surface area contributed by atoms with Crippen LogP contribution in [0.1, 0.15) is 58.3 Å². The molecule has 5 fully saturated rings. The second kappa shape index (κ2) is 8.89. The molecular formula is C26H36ClN3O2. The Bertz CT molecular complexity index is 829. The number of carbonyl (C=O) groups is 2. The molecule has 6 rings (SSSR count). The second-order valence-corrected chi connectivity index (χ2v) is 11.4. The minimum Gasteiger partial charge on any atom is -0.368 e. The van der Waals surface area contributed by atoms with Gasteiger partial charge >= 0.3 is 0 Å². The van der Waals surface area contributed by atoms with Crippen molar-refractivity contribution in [2.45, 2.75) is 64.3 Å². The van der Waals surface area contributed by atoms with Gasteiger partial charge in [0, 0.05) is 55.8 Å².